The van der Waals surface area contributed by atoms with E-state index in [1.54, 1.807) is 0 Å². The van der Waals surface area contributed by atoms with Gasteiger partial charge in [-0.2, -0.15) is 0 Å². The fourth-order valence-corrected chi connectivity index (χ4v) is 0.994. The van der Waals surface area contributed by atoms with Crippen molar-refractivity contribution >= 4 is 23.2 Å². The third kappa shape index (κ3) is 1.21. The highest BCUT2D eigenvalue weighted by Crippen LogP contribution is 2.23. The summed E-state index contributed by atoms with van der Waals surface area (Å²) in [5.41, 5.74) is 0. The van der Waals surface area contributed by atoms with E-state index in [9.17, 15) is 0 Å². The second-order valence-electron chi connectivity index (χ2n) is 1.52. The first-order chi connectivity index (χ1) is 3.38. The van der Waals surface area contributed by atoms with Crippen LogP contribution in [0.25, 0.3) is 0 Å². The summed E-state index contributed by atoms with van der Waals surface area (Å²) in [6, 6.07) is 0. The van der Waals surface area contributed by atoms with E-state index in [4.69, 9.17) is 27.9 Å². The molecule has 1 rings (SSSR count). The van der Waals surface area contributed by atoms with Crippen LogP contribution in [0.4, 0.5) is 0 Å². The molecule has 0 saturated carbocycles. The lowest BCUT2D eigenvalue weighted by molar-refractivity contribution is 0.391. The van der Waals surface area contributed by atoms with Gasteiger partial charge in [-0.3, -0.25) is 0 Å². The normalized spacial score (nSPS) is 38.6. The maximum atomic E-state index is 5.39. The predicted octanol–water partition coefficient (Wildman–Crippen LogP) is 1.23. The van der Waals surface area contributed by atoms with Gasteiger partial charge in [0.25, 0.3) is 0 Å². The molecule has 0 amide bonds. The van der Waals surface area contributed by atoms with Crippen LogP contribution in [-0.2, 0) is 4.74 Å². The monoisotopic (exact) mass is 140 g/mol. The molecule has 7 heavy (non-hydrogen) atoms. The van der Waals surface area contributed by atoms with Crippen LogP contribution in [0.1, 0.15) is 0 Å². The van der Waals surface area contributed by atoms with Crippen LogP contribution in [-0.4, -0.2) is 24.0 Å². The Hall–Kier alpha value is 0.540. The third-order valence-electron chi connectivity index (χ3n) is 0.992. The number of hydrogen-bond donors (Lipinski definition) is 0. The van der Waals surface area contributed by atoms with Crippen LogP contribution in [0, 0.1) is 0 Å². The molecular formula is C4H6Cl2O. The van der Waals surface area contributed by atoms with E-state index in [2.05, 4.69) is 0 Å². The molecule has 0 unspecified atom stereocenters. The second-order valence-corrected chi connectivity index (χ2v) is 2.14. The number of halogens is 2. The minimum Gasteiger partial charge on any atom is -0.367 e. The Morgan fingerprint density at radius 1 is 1.14 bits per heavy atom. The number of epoxide rings is 1. The van der Waals surface area contributed by atoms with Crippen molar-refractivity contribution in [3.05, 3.63) is 0 Å². The van der Waals surface area contributed by atoms with E-state index in [1.165, 1.54) is 0 Å². The van der Waals surface area contributed by atoms with Crippen molar-refractivity contribution in [2.75, 3.05) is 11.8 Å². The summed E-state index contributed by atoms with van der Waals surface area (Å²) in [6.45, 7) is 0. The van der Waals surface area contributed by atoms with Gasteiger partial charge in [0.1, 0.15) is 0 Å². The molecule has 0 bridgehead atoms. The molecule has 0 radical (unpaired) electrons. The van der Waals surface area contributed by atoms with E-state index < -0.39 is 0 Å². The first-order valence-electron chi connectivity index (χ1n) is 2.16. The molecule has 42 valence electrons. The van der Waals surface area contributed by atoms with Crippen LogP contribution in [0.3, 0.4) is 0 Å². The van der Waals surface area contributed by atoms with E-state index in [-0.39, 0.29) is 12.2 Å². The van der Waals surface area contributed by atoms with Crippen LogP contribution >= 0.6 is 23.2 Å². The lowest BCUT2D eigenvalue weighted by Crippen LogP contribution is -1.94. The Bertz CT molecular complexity index is 58.7. The molecule has 0 N–H and O–H groups in total. The summed E-state index contributed by atoms with van der Waals surface area (Å²) in [5, 5.41) is 0. The first kappa shape index (κ1) is 5.67. The maximum Gasteiger partial charge on any atom is 0.0989 e. The number of rotatable bonds is 2. The average molecular weight is 141 g/mol. The quantitative estimate of drug-likeness (QED) is 0.416. The number of alkyl halides is 2. The average Bonchev–Trinajstić information content (AvgIpc) is 2.43. The van der Waals surface area contributed by atoms with Gasteiger partial charge < -0.3 is 4.74 Å². The summed E-state index contributed by atoms with van der Waals surface area (Å²) >= 11 is 10.8. The fourth-order valence-electron chi connectivity index (χ4n) is 0.451. The van der Waals surface area contributed by atoms with Gasteiger partial charge in [-0.05, 0) is 0 Å². The topological polar surface area (TPSA) is 12.5 Å². The maximum absolute atomic E-state index is 5.39. The van der Waals surface area contributed by atoms with Crippen molar-refractivity contribution in [3.63, 3.8) is 0 Å². The molecule has 1 fully saturated rings. The SMILES string of the molecule is ClC[C@@H]1O[C@@H]1CCl. The van der Waals surface area contributed by atoms with Crippen LogP contribution < -0.4 is 0 Å². The molecule has 1 aliphatic heterocycles. The summed E-state index contributed by atoms with van der Waals surface area (Å²) < 4.78 is 4.95. The first-order valence-corrected chi connectivity index (χ1v) is 3.22. The predicted molar refractivity (Wildman–Crippen MR) is 30.1 cm³/mol. The molecule has 1 aliphatic rings. The minimum absolute atomic E-state index is 0.249. The Morgan fingerprint density at radius 3 is 1.71 bits per heavy atom. The Balaban J connectivity index is 2.06. The van der Waals surface area contributed by atoms with Crippen molar-refractivity contribution in [1.82, 2.24) is 0 Å². The molecule has 3 heteroatoms. The van der Waals surface area contributed by atoms with E-state index in [1.807, 2.05) is 0 Å². The lowest BCUT2D eigenvalue weighted by atomic mass is 10.4. The van der Waals surface area contributed by atoms with Gasteiger partial charge in [-0.15, -0.1) is 23.2 Å². The van der Waals surface area contributed by atoms with Gasteiger partial charge >= 0.3 is 0 Å². The third-order valence-corrected chi connectivity index (χ3v) is 1.60. The zero-order valence-electron chi connectivity index (χ0n) is 3.73. The van der Waals surface area contributed by atoms with Crippen LogP contribution in [0.5, 0.6) is 0 Å². The molecule has 0 aromatic carbocycles. The van der Waals surface area contributed by atoms with E-state index in [0.717, 1.165) is 0 Å². The highest BCUT2D eigenvalue weighted by Gasteiger charge is 2.36. The zero-order chi connectivity index (χ0) is 5.28. The molecule has 1 saturated heterocycles. The van der Waals surface area contributed by atoms with Crippen molar-refractivity contribution in [3.8, 4) is 0 Å². The summed E-state index contributed by atoms with van der Waals surface area (Å²) in [4.78, 5) is 0. The molecule has 2 atom stereocenters. The van der Waals surface area contributed by atoms with Gasteiger partial charge in [0.2, 0.25) is 0 Å². The molecule has 0 aromatic heterocycles. The molecule has 1 heterocycles. The van der Waals surface area contributed by atoms with E-state index in [0.29, 0.717) is 11.8 Å². The summed E-state index contributed by atoms with van der Waals surface area (Å²) in [6.07, 6.45) is 0.498. The van der Waals surface area contributed by atoms with Crippen molar-refractivity contribution in [1.29, 1.82) is 0 Å². The Morgan fingerprint density at radius 2 is 1.57 bits per heavy atom. The molecule has 0 aromatic rings. The van der Waals surface area contributed by atoms with Gasteiger partial charge in [0.15, 0.2) is 0 Å². The largest absolute Gasteiger partial charge is 0.367 e. The van der Waals surface area contributed by atoms with Gasteiger partial charge in [-0.25, -0.2) is 0 Å². The highest BCUT2D eigenvalue weighted by atomic mass is 35.5. The zero-order valence-corrected chi connectivity index (χ0v) is 5.24. The van der Waals surface area contributed by atoms with Crippen molar-refractivity contribution < 1.29 is 4.74 Å². The van der Waals surface area contributed by atoms with Crippen molar-refractivity contribution in [2.45, 2.75) is 12.2 Å². The summed E-state index contributed by atoms with van der Waals surface area (Å²) in [7, 11) is 0. The van der Waals surface area contributed by atoms with Crippen LogP contribution in [0.2, 0.25) is 0 Å². The number of hydrogen-bond acceptors (Lipinski definition) is 1. The van der Waals surface area contributed by atoms with Gasteiger partial charge in [0.05, 0.1) is 24.0 Å². The summed E-state index contributed by atoms with van der Waals surface area (Å²) in [5.74, 6) is 1.16. The molecule has 0 spiro atoms. The Labute approximate surface area is 52.5 Å². The molecule has 0 aliphatic carbocycles. The standard InChI is InChI=1S/C4H6Cl2O/c5-1-3-4(2-6)7-3/h3-4H,1-2H2/t3-,4+. The highest BCUT2D eigenvalue weighted by molar-refractivity contribution is 6.19. The second kappa shape index (κ2) is 2.21. The van der Waals surface area contributed by atoms with Crippen LogP contribution in [0.15, 0.2) is 0 Å². The van der Waals surface area contributed by atoms with Gasteiger partial charge in [-0.1, -0.05) is 0 Å². The van der Waals surface area contributed by atoms with Gasteiger partial charge in [0, 0.05) is 0 Å². The molecular weight excluding hydrogens is 135 g/mol. The Kier molecular flexibility index (Phi) is 1.79. The molecule has 1 nitrogen and oxygen atoms in total. The lowest BCUT2D eigenvalue weighted by Gasteiger charge is -1.75. The smallest absolute Gasteiger partial charge is 0.0989 e. The van der Waals surface area contributed by atoms with Crippen molar-refractivity contribution in [2.24, 2.45) is 0 Å². The van der Waals surface area contributed by atoms with E-state index >= 15 is 0 Å². The minimum atomic E-state index is 0.249. The number of ether oxygens (including phenoxy) is 1. The fraction of sp³-hybridized carbons (Fsp3) is 1.00.